The summed E-state index contributed by atoms with van der Waals surface area (Å²) >= 11 is 0. The Hall–Kier alpha value is -1.88. The lowest BCUT2D eigenvalue weighted by Gasteiger charge is -2.34. The van der Waals surface area contributed by atoms with Gasteiger partial charge in [-0.05, 0) is 12.5 Å². The SMILES string of the molecule is CCOC(=O)C[C@H]1C(=O)NCCN1Cc1ccccc1. The van der Waals surface area contributed by atoms with Gasteiger partial charge in [-0.25, -0.2) is 0 Å². The molecule has 1 amide bonds. The molecule has 0 aromatic heterocycles. The lowest BCUT2D eigenvalue weighted by molar-refractivity contribution is -0.148. The van der Waals surface area contributed by atoms with Crippen molar-refractivity contribution < 1.29 is 14.3 Å². The maximum Gasteiger partial charge on any atom is 0.307 e. The van der Waals surface area contributed by atoms with Gasteiger partial charge < -0.3 is 10.1 Å². The predicted octanol–water partition coefficient (Wildman–Crippen LogP) is 0.940. The second kappa shape index (κ2) is 7.05. The minimum atomic E-state index is -0.442. The fourth-order valence-electron chi connectivity index (χ4n) is 2.37. The van der Waals surface area contributed by atoms with Crippen molar-refractivity contribution in [1.82, 2.24) is 10.2 Å². The van der Waals surface area contributed by atoms with Crippen molar-refractivity contribution in [3.05, 3.63) is 35.9 Å². The van der Waals surface area contributed by atoms with Crippen LogP contribution in [0.15, 0.2) is 30.3 Å². The van der Waals surface area contributed by atoms with Gasteiger partial charge in [0.2, 0.25) is 5.91 Å². The van der Waals surface area contributed by atoms with Crippen molar-refractivity contribution >= 4 is 11.9 Å². The van der Waals surface area contributed by atoms with E-state index in [1.807, 2.05) is 35.2 Å². The largest absolute Gasteiger partial charge is 0.466 e. The van der Waals surface area contributed by atoms with E-state index in [1.165, 1.54) is 0 Å². The zero-order valence-electron chi connectivity index (χ0n) is 11.7. The van der Waals surface area contributed by atoms with Gasteiger partial charge in [-0.3, -0.25) is 14.5 Å². The summed E-state index contributed by atoms with van der Waals surface area (Å²) in [6.07, 6.45) is 0.104. The zero-order valence-corrected chi connectivity index (χ0v) is 11.7. The number of nitrogens with zero attached hydrogens (tertiary/aromatic N) is 1. The van der Waals surface area contributed by atoms with Gasteiger partial charge in [-0.1, -0.05) is 30.3 Å². The van der Waals surface area contributed by atoms with Crippen molar-refractivity contribution in [3.63, 3.8) is 0 Å². The number of nitrogens with one attached hydrogen (secondary N) is 1. The Morgan fingerprint density at radius 1 is 1.40 bits per heavy atom. The molecule has 0 unspecified atom stereocenters. The molecule has 5 nitrogen and oxygen atoms in total. The summed E-state index contributed by atoms with van der Waals surface area (Å²) in [6.45, 7) is 4.13. The van der Waals surface area contributed by atoms with Gasteiger partial charge >= 0.3 is 5.97 Å². The van der Waals surface area contributed by atoms with E-state index >= 15 is 0 Å². The highest BCUT2D eigenvalue weighted by atomic mass is 16.5. The highest BCUT2D eigenvalue weighted by Crippen LogP contribution is 2.14. The summed E-state index contributed by atoms with van der Waals surface area (Å²) in [6, 6.07) is 9.51. The first-order chi connectivity index (χ1) is 9.70. The third-order valence-electron chi connectivity index (χ3n) is 3.34. The van der Waals surface area contributed by atoms with Crippen LogP contribution in [0, 0.1) is 0 Å². The minimum absolute atomic E-state index is 0.0970. The Bertz CT molecular complexity index is 461. The third-order valence-corrected chi connectivity index (χ3v) is 3.34. The van der Waals surface area contributed by atoms with Crippen molar-refractivity contribution in [3.8, 4) is 0 Å². The van der Waals surface area contributed by atoms with E-state index in [0.29, 0.717) is 19.7 Å². The first-order valence-electron chi connectivity index (χ1n) is 6.92. The van der Waals surface area contributed by atoms with Crippen LogP contribution in [0.2, 0.25) is 0 Å². The summed E-state index contributed by atoms with van der Waals surface area (Å²) in [7, 11) is 0. The number of amides is 1. The Labute approximate surface area is 118 Å². The highest BCUT2D eigenvalue weighted by molar-refractivity contribution is 5.87. The van der Waals surface area contributed by atoms with Crippen LogP contribution in [0.3, 0.4) is 0 Å². The Morgan fingerprint density at radius 3 is 2.85 bits per heavy atom. The molecular formula is C15H20N2O3. The Balaban J connectivity index is 2.04. The first kappa shape index (κ1) is 14.5. The van der Waals surface area contributed by atoms with Crippen molar-refractivity contribution in [2.24, 2.45) is 0 Å². The molecule has 2 rings (SSSR count). The smallest absolute Gasteiger partial charge is 0.307 e. The standard InChI is InChI=1S/C15H20N2O3/c1-2-20-14(18)10-13-15(19)16-8-9-17(13)11-12-6-4-3-5-7-12/h3-7,13H,2,8-11H2,1H3,(H,16,19)/t13-/m0/s1. The molecule has 1 atom stereocenters. The minimum Gasteiger partial charge on any atom is -0.466 e. The van der Waals surface area contributed by atoms with E-state index in [0.717, 1.165) is 12.1 Å². The second-order valence-electron chi connectivity index (χ2n) is 4.77. The van der Waals surface area contributed by atoms with Crippen molar-refractivity contribution in [2.45, 2.75) is 25.9 Å². The zero-order chi connectivity index (χ0) is 14.4. The van der Waals surface area contributed by atoms with Gasteiger partial charge in [0.25, 0.3) is 0 Å². The molecule has 1 aliphatic rings. The number of hydrogen-bond acceptors (Lipinski definition) is 4. The number of carbonyl (C=O) groups excluding carboxylic acids is 2. The Kier molecular flexibility index (Phi) is 5.12. The molecule has 1 aliphatic heterocycles. The molecule has 0 saturated carbocycles. The molecule has 1 aromatic rings. The summed E-state index contributed by atoms with van der Waals surface area (Å²) in [5.41, 5.74) is 1.14. The first-order valence-corrected chi connectivity index (χ1v) is 6.92. The molecule has 5 heteroatoms. The fraction of sp³-hybridized carbons (Fsp3) is 0.467. The number of esters is 1. The number of benzene rings is 1. The lowest BCUT2D eigenvalue weighted by Crippen LogP contribution is -2.55. The van der Waals surface area contributed by atoms with Gasteiger partial charge in [-0.2, -0.15) is 0 Å². The molecule has 1 saturated heterocycles. The molecule has 1 fully saturated rings. The predicted molar refractivity (Wildman–Crippen MR) is 74.9 cm³/mol. The monoisotopic (exact) mass is 276 g/mol. The molecule has 20 heavy (non-hydrogen) atoms. The van der Waals surface area contributed by atoms with Crippen LogP contribution in [0.5, 0.6) is 0 Å². The van der Waals surface area contributed by atoms with Crippen LogP contribution in [0.25, 0.3) is 0 Å². The number of hydrogen-bond donors (Lipinski definition) is 1. The van der Waals surface area contributed by atoms with Crippen LogP contribution in [0.4, 0.5) is 0 Å². The van der Waals surface area contributed by atoms with Crippen LogP contribution >= 0.6 is 0 Å². The number of rotatable bonds is 5. The maximum atomic E-state index is 12.0. The topological polar surface area (TPSA) is 58.6 Å². The van der Waals surface area contributed by atoms with Crippen LogP contribution < -0.4 is 5.32 Å². The van der Waals surface area contributed by atoms with Crippen LogP contribution in [-0.2, 0) is 20.9 Å². The summed E-state index contributed by atoms with van der Waals surface area (Å²) in [5, 5.41) is 2.81. The van der Waals surface area contributed by atoms with Crippen LogP contribution in [0.1, 0.15) is 18.9 Å². The van der Waals surface area contributed by atoms with E-state index in [4.69, 9.17) is 4.74 Å². The summed E-state index contributed by atoms with van der Waals surface area (Å²) in [4.78, 5) is 25.6. The van der Waals surface area contributed by atoms with E-state index in [9.17, 15) is 9.59 Å². The molecule has 1 aromatic carbocycles. The lowest BCUT2D eigenvalue weighted by atomic mass is 10.1. The molecule has 0 bridgehead atoms. The Morgan fingerprint density at radius 2 is 2.15 bits per heavy atom. The summed E-state index contributed by atoms with van der Waals surface area (Å²) in [5.74, 6) is -0.423. The van der Waals surface area contributed by atoms with E-state index in [2.05, 4.69) is 5.32 Å². The molecule has 0 aliphatic carbocycles. The maximum absolute atomic E-state index is 12.0. The van der Waals surface area contributed by atoms with Gasteiger partial charge in [0.1, 0.15) is 6.04 Å². The number of piperazine rings is 1. The van der Waals surface area contributed by atoms with Gasteiger partial charge in [-0.15, -0.1) is 0 Å². The van der Waals surface area contributed by atoms with E-state index in [-0.39, 0.29) is 18.3 Å². The molecule has 108 valence electrons. The van der Waals surface area contributed by atoms with Crippen molar-refractivity contribution in [1.29, 1.82) is 0 Å². The normalized spacial score (nSPS) is 19.4. The number of ether oxygens (including phenoxy) is 1. The molecular weight excluding hydrogens is 256 g/mol. The highest BCUT2D eigenvalue weighted by Gasteiger charge is 2.31. The quantitative estimate of drug-likeness (QED) is 0.813. The van der Waals surface area contributed by atoms with E-state index in [1.54, 1.807) is 6.92 Å². The van der Waals surface area contributed by atoms with Gasteiger partial charge in [0.15, 0.2) is 0 Å². The second-order valence-corrected chi connectivity index (χ2v) is 4.77. The summed E-state index contributed by atoms with van der Waals surface area (Å²) < 4.78 is 4.95. The molecule has 0 spiro atoms. The van der Waals surface area contributed by atoms with Gasteiger partial charge in [0, 0.05) is 19.6 Å². The van der Waals surface area contributed by atoms with Crippen molar-refractivity contribution in [2.75, 3.05) is 19.7 Å². The third kappa shape index (κ3) is 3.81. The van der Waals surface area contributed by atoms with E-state index < -0.39 is 6.04 Å². The fourth-order valence-corrected chi connectivity index (χ4v) is 2.37. The molecule has 1 N–H and O–H groups in total. The molecule has 1 heterocycles. The molecule has 0 radical (unpaired) electrons. The number of carbonyl (C=O) groups is 2. The van der Waals surface area contributed by atoms with Gasteiger partial charge in [0.05, 0.1) is 13.0 Å². The van der Waals surface area contributed by atoms with Crippen LogP contribution in [-0.4, -0.2) is 42.5 Å². The average molecular weight is 276 g/mol. The average Bonchev–Trinajstić information content (AvgIpc) is 2.44.